The van der Waals surface area contributed by atoms with Gasteiger partial charge in [-0.05, 0) is 98.2 Å². The SMILES string of the molecule is C=CCc1c(CCCCS)cnc(CCCCS)c1CCCCS. The van der Waals surface area contributed by atoms with Gasteiger partial charge in [0.2, 0.25) is 0 Å². The molecule has 0 saturated heterocycles. The summed E-state index contributed by atoms with van der Waals surface area (Å²) >= 11 is 13.0. The highest BCUT2D eigenvalue weighted by Gasteiger charge is 2.13. The number of nitrogens with zero attached hydrogens (tertiary/aromatic N) is 1. The van der Waals surface area contributed by atoms with Gasteiger partial charge in [0, 0.05) is 11.9 Å². The summed E-state index contributed by atoms with van der Waals surface area (Å²) in [4.78, 5) is 4.85. The molecule has 0 radical (unpaired) electrons. The number of hydrogen-bond donors (Lipinski definition) is 3. The van der Waals surface area contributed by atoms with Crippen molar-refractivity contribution in [3.05, 3.63) is 41.2 Å². The van der Waals surface area contributed by atoms with Crippen LogP contribution in [0.3, 0.4) is 0 Å². The van der Waals surface area contributed by atoms with Crippen LogP contribution in [0.1, 0.15) is 60.9 Å². The van der Waals surface area contributed by atoms with E-state index in [-0.39, 0.29) is 0 Å². The van der Waals surface area contributed by atoms with Gasteiger partial charge in [0.1, 0.15) is 0 Å². The van der Waals surface area contributed by atoms with Gasteiger partial charge in [-0.3, -0.25) is 4.98 Å². The molecule has 0 aliphatic rings. The van der Waals surface area contributed by atoms with Crippen LogP contribution in [0.5, 0.6) is 0 Å². The fraction of sp³-hybridized carbons (Fsp3) is 0.650. The minimum Gasteiger partial charge on any atom is -0.261 e. The van der Waals surface area contributed by atoms with E-state index in [1.165, 1.54) is 41.6 Å². The Morgan fingerprint density at radius 1 is 0.792 bits per heavy atom. The molecule has 0 aliphatic heterocycles. The summed E-state index contributed by atoms with van der Waals surface area (Å²) in [6.45, 7) is 3.98. The predicted molar refractivity (Wildman–Crippen MR) is 119 cm³/mol. The first kappa shape index (κ1) is 22.0. The molecule has 24 heavy (non-hydrogen) atoms. The monoisotopic (exact) mass is 383 g/mol. The maximum absolute atomic E-state index is 4.85. The highest BCUT2D eigenvalue weighted by Crippen LogP contribution is 2.24. The number of rotatable bonds is 14. The average molecular weight is 384 g/mol. The fourth-order valence-corrected chi connectivity index (χ4v) is 3.72. The molecule has 0 amide bonds. The molecule has 0 atom stereocenters. The van der Waals surface area contributed by atoms with Crippen LogP contribution in [-0.4, -0.2) is 22.2 Å². The van der Waals surface area contributed by atoms with E-state index in [4.69, 9.17) is 4.98 Å². The lowest BCUT2D eigenvalue weighted by atomic mass is 9.91. The van der Waals surface area contributed by atoms with E-state index in [0.29, 0.717) is 0 Å². The Morgan fingerprint density at radius 3 is 1.96 bits per heavy atom. The highest BCUT2D eigenvalue weighted by molar-refractivity contribution is 7.80. The molecule has 0 unspecified atom stereocenters. The van der Waals surface area contributed by atoms with Crippen molar-refractivity contribution in [3.63, 3.8) is 0 Å². The number of allylic oxidation sites excluding steroid dienone is 1. The van der Waals surface area contributed by atoms with Crippen molar-refractivity contribution in [1.82, 2.24) is 4.98 Å². The first-order valence-electron chi connectivity index (χ1n) is 9.20. The molecule has 0 aromatic carbocycles. The normalized spacial score (nSPS) is 11.0. The molecule has 4 heteroatoms. The minimum absolute atomic E-state index is 0.953. The van der Waals surface area contributed by atoms with E-state index >= 15 is 0 Å². The third-order valence-corrected chi connectivity index (χ3v) is 5.28. The Morgan fingerprint density at radius 2 is 1.38 bits per heavy atom. The van der Waals surface area contributed by atoms with E-state index in [2.05, 4.69) is 50.7 Å². The summed E-state index contributed by atoms with van der Waals surface area (Å²) in [5.74, 6) is 2.87. The number of unbranched alkanes of at least 4 members (excludes halogenated alkanes) is 3. The fourth-order valence-electron chi connectivity index (χ4n) is 3.05. The van der Waals surface area contributed by atoms with Crippen molar-refractivity contribution in [2.75, 3.05) is 17.3 Å². The Hall–Kier alpha value is -0.0600. The van der Waals surface area contributed by atoms with Gasteiger partial charge in [-0.25, -0.2) is 0 Å². The standard InChI is InChI=1S/C20H33NS3/c1-2-9-18-17(10-3-6-13-22)16-21-20(12-5-8-15-24)19(18)11-4-7-14-23/h2,16,22-24H,1,3-15H2. The molecule has 1 rings (SSSR count). The van der Waals surface area contributed by atoms with Crippen LogP contribution in [0, 0.1) is 0 Å². The van der Waals surface area contributed by atoms with Crippen molar-refractivity contribution < 1.29 is 0 Å². The van der Waals surface area contributed by atoms with Crippen LogP contribution >= 0.6 is 37.9 Å². The molecule has 0 fully saturated rings. The second-order valence-electron chi connectivity index (χ2n) is 6.22. The van der Waals surface area contributed by atoms with Crippen LogP contribution in [-0.2, 0) is 25.7 Å². The molecule has 0 aliphatic carbocycles. The Balaban J connectivity index is 3.03. The van der Waals surface area contributed by atoms with Crippen molar-refractivity contribution >= 4 is 37.9 Å². The van der Waals surface area contributed by atoms with Crippen LogP contribution < -0.4 is 0 Å². The maximum Gasteiger partial charge on any atom is 0.0438 e. The van der Waals surface area contributed by atoms with Crippen molar-refractivity contribution in [3.8, 4) is 0 Å². The zero-order valence-corrected chi connectivity index (χ0v) is 17.5. The van der Waals surface area contributed by atoms with Gasteiger partial charge >= 0.3 is 0 Å². The lowest BCUT2D eigenvalue weighted by Gasteiger charge is -2.18. The summed E-state index contributed by atoms with van der Waals surface area (Å²) in [6.07, 6.45) is 15.4. The first-order valence-corrected chi connectivity index (χ1v) is 11.1. The predicted octanol–water partition coefficient (Wildman–Crippen LogP) is 5.57. The second kappa shape index (κ2) is 14.1. The molecular weight excluding hydrogens is 350 g/mol. The molecule has 0 saturated carbocycles. The smallest absolute Gasteiger partial charge is 0.0438 e. The summed E-state index contributed by atoms with van der Waals surface area (Å²) in [5, 5.41) is 0. The molecule has 1 heterocycles. The lowest BCUT2D eigenvalue weighted by molar-refractivity contribution is 0.729. The quantitative estimate of drug-likeness (QED) is 0.217. The van der Waals surface area contributed by atoms with Gasteiger partial charge in [-0.2, -0.15) is 37.9 Å². The number of pyridine rings is 1. The van der Waals surface area contributed by atoms with E-state index in [1.807, 2.05) is 6.08 Å². The minimum atomic E-state index is 0.953. The van der Waals surface area contributed by atoms with E-state index in [9.17, 15) is 0 Å². The molecule has 1 nitrogen and oxygen atoms in total. The van der Waals surface area contributed by atoms with Gasteiger partial charge in [-0.15, -0.1) is 6.58 Å². The number of thiol groups is 3. The first-order chi connectivity index (χ1) is 11.8. The zero-order chi connectivity index (χ0) is 17.6. The molecule has 0 spiro atoms. The summed E-state index contributed by atoms with van der Waals surface area (Å²) < 4.78 is 0. The van der Waals surface area contributed by atoms with Crippen LogP contribution in [0.4, 0.5) is 0 Å². The van der Waals surface area contributed by atoms with Gasteiger partial charge in [0.05, 0.1) is 0 Å². The van der Waals surface area contributed by atoms with Gasteiger partial charge in [0.25, 0.3) is 0 Å². The molecule has 1 aromatic rings. The van der Waals surface area contributed by atoms with Crippen molar-refractivity contribution in [2.24, 2.45) is 0 Å². The molecular formula is C20H33NS3. The lowest BCUT2D eigenvalue weighted by Crippen LogP contribution is -2.08. The number of aromatic nitrogens is 1. The molecule has 0 N–H and O–H groups in total. The van der Waals surface area contributed by atoms with Crippen LogP contribution in [0.25, 0.3) is 0 Å². The maximum atomic E-state index is 4.85. The average Bonchev–Trinajstić information content (AvgIpc) is 2.59. The van der Waals surface area contributed by atoms with Gasteiger partial charge in [-0.1, -0.05) is 6.08 Å². The van der Waals surface area contributed by atoms with E-state index in [0.717, 1.165) is 62.2 Å². The zero-order valence-electron chi connectivity index (χ0n) is 14.8. The molecule has 136 valence electrons. The molecule has 0 bridgehead atoms. The summed E-state index contributed by atoms with van der Waals surface area (Å²) in [5.41, 5.74) is 5.68. The van der Waals surface area contributed by atoms with Crippen LogP contribution in [0.2, 0.25) is 0 Å². The van der Waals surface area contributed by atoms with Crippen LogP contribution in [0.15, 0.2) is 18.9 Å². The topological polar surface area (TPSA) is 12.9 Å². The third kappa shape index (κ3) is 7.88. The van der Waals surface area contributed by atoms with E-state index < -0.39 is 0 Å². The largest absolute Gasteiger partial charge is 0.261 e. The Labute approximate surface area is 165 Å². The second-order valence-corrected chi connectivity index (χ2v) is 7.56. The molecule has 1 aromatic heterocycles. The summed E-state index contributed by atoms with van der Waals surface area (Å²) in [7, 11) is 0. The number of aryl methyl sites for hydroxylation is 2. The van der Waals surface area contributed by atoms with Gasteiger partial charge < -0.3 is 0 Å². The Bertz CT molecular complexity index is 474. The van der Waals surface area contributed by atoms with Gasteiger partial charge in [0.15, 0.2) is 0 Å². The summed E-state index contributed by atoms with van der Waals surface area (Å²) in [6, 6.07) is 0. The van der Waals surface area contributed by atoms with Crippen molar-refractivity contribution in [2.45, 2.75) is 64.2 Å². The number of hydrogen-bond acceptors (Lipinski definition) is 4. The van der Waals surface area contributed by atoms with Crippen molar-refractivity contribution in [1.29, 1.82) is 0 Å². The highest BCUT2D eigenvalue weighted by atomic mass is 32.1. The Kier molecular flexibility index (Phi) is 13.0. The third-order valence-electron chi connectivity index (χ3n) is 4.34. The van der Waals surface area contributed by atoms with E-state index in [1.54, 1.807) is 0 Å².